The lowest BCUT2D eigenvalue weighted by atomic mass is 10.2. The molecule has 19 heavy (non-hydrogen) atoms. The first-order valence-corrected chi connectivity index (χ1v) is 6.14. The standard InChI is InChI=1S/C13H15ClN4O/c1-8-7-16-13(15-2)18-12(8)17-9-4-5-10(14)11(6-9)19-3/h4-7H,1-3H3,(H2,15,16,17,18). The molecule has 2 aromatic rings. The Labute approximate surface area is 117 Å². The van der Waals surface area contributed by atoms with E-state index in [2.05, 4.69) is 20.6 Å². The summed E-state index contributed by atoms with van der Waals surface area (Å²) in [6, 6.07) is 5.46. The van der Waals surface area contributed by atoms with Gasteiger partial charge in [-0.05, 0) is 19.1 Å². The lowest BCUT2D eigenvalue weighted by Crippen LogP contribution is -2.02. The second-order valence-corrected chi connectivity index (χ2v) is 4.36. The second kappa shape index (κ2) is 5.75. The maximum atomic E-state index is 5.99. The van der Waals surface area contributed by atoms with E-state index in [1.54, 1.807) is 26.4 Å². The number of benzene rings is 1. The Morgan fingerprint density at radius 3 is 2.79 bits per heavy atom. The van der Waals surface area contributed by atoms with Crippen LogP contribution in [0.2, 0.25) is 5.02 Å². The smallest absolute Gasteiger partial charge is 0.224 e. The zero-order chi connectivity index (χ0) is 13.8. The molecule has 1 aromatic carbocycles. The van der Waals surface area contributed by atoms with Gasteiger partial charge in [0.2, 0.25) is 5.95 Å². The fourth-order valence-corrected chi connectivity index (χ4v) is 1.76. The van der Waals surface area contributed by atoms with Gasteiger partial charge in [0.15, 0.2) is 0 Å². The number of hydrogen-bond acceptors (Lipinski definition) is 5. The summed E-state index contributed by atoms with van der Waals surface area (Å²) in [6.07, 6.45) is 1.76. The molecule has 0 aliphatic rings. The third kappa shape index (κ3) is 3.06. The van der Waals surface area contributed by atoms with E-state index in [-0.39, 0.29) is 0 Å². The minimum atomic E-state index is 0.564. The molecule has 5 nitrogen and oxygen atoms in total. The average Bonchev–Trinajstić information content (AvgIpc) is 2.43. The lowest BCUT2D eigenvalue weighted by molar-refractivity contribution is 0.415. The molecule has 0 fully saturated rings. The van der Waals surface area contributed by atoms with Crippen LogP contribution in [0, 0.1) is 6.92 Å². The molecule has 0 aliphatic heterocycles. The highest BCUT2D eigenvalue weighted by molar-refractivity contribution is 6.32. The Bertz CT molecular complexity index is 589. The molecule has 0 amide bonds. The van der Waals surface area contributed by atoms with Crippen molar-refractivity contribution in [3.8, 4) is 5.75 Å². The third-order valence-electron chi connectivity index (χ3n) is 2.61. The first-order chi connectivity index (χ1) is 9.13. The first kappa shape index (κ1) is 13.4. The maximum absolute atomic E-state index is 5.99. The van der Waals surface area contributed by atoms with Crippen LogP contribution >= 0.6 is 11.6 Å². The Hall–Kier alpha value is -2.01. The predicted octanol–water partition coefficient (Wildman–Crippen LogP) is 3.23. The van der Waals surface area contributed by atoms with Crippen molar-refractivity contribution in [2.75, 3.05) is 24.8 Å². The second-order valence-electron chi connectivity index (χ2n) is 3.95. The van der Waals surface area contributed by atoms with Gasteiger partial charge in [-0.3, -0.25) is 0 Å². The lowest BCUT2D eigenvalue weighted by Gasteiger charge is -2.11. The summed E-state index contributed by atoms with van der Waals surface area (Å²) in [5.74, 6) is 1.92. The molecule has 0 radical (unpaired) electrons. The number of nitrogens with one attached hydrogen (secondary N) is 2. The zero-order valence-corrected chi connectivity index (χ0v) is 11.7. The van der Waals surface area contributed by atoms with E-state index in [9.17, 15) is 0 Å². The monoisotopic (exact) mass is 278 g/mol. The highest BCUT2D eigenvalue weighted by Crippen LogP contribution is 2.29. The minimum absolute atomic E-state index is 0.564. The fourth-order valence-electron chi connectivity index (χ4n) is 1.56. The summed E-state index contributed by atoms with van der Waals surface area (Å²) >= 11 is 5.99. The molecule has 0 saturated carbocycles. The van der Waals surface area contributed by atoms with Gasteiger partial charge < -0.3 is 15.4 Å². The molecule has 0 aliphatic carbocycles. The van der Waals surface area contributed by atoms with Gasteiger partial charge in [0.1, 0.15) is 11.6 Å². The SMILES string of the molecule is CNc1ncc(C)c(Nc2ccc(Cl)c(OC)c2)n1. The van der Waals surface area contributed by atoms with Crippen molar-refractivity contribution in [2.45, 2.75) is 6.92 Å². The van der Waals surface area contributed by atoms with Crippen LogP contribution in [0.4, 0.5) is 17.5 Å². The number of aromatic nitrogens is 2. The van der Waals surface area contributed by atoms with Crippen molar-refractivity contribution < 1.29 is 4.74 Å². The van der Waals surface area contributed by atoms with E-state index in [4.69, 9.17) is 16.3 Å². The van der Waals surface area contributed by atoms with E-state index in [0.717, 1.165) is 17.1 Å². The van der Waals surface area contributed by atoms with Crippen LogP contribution in [0.1, 0.15) is 5.56 Å². The summed E-state index contributed by atoms with van der Waals surface area (Å²) in [5.41, 5.74) is 1.80. The van der Waals surface area contributed by atoms with Gasteiger partial charge in [-0.15, -0.1) is 0 Å². The van der Waals surface area contributed by atoms with Crippen molar-refractivity contribution >= 4 is 29.1 Å². The van der Waals surface area contributed by atoms with Crippen LogP contribution in [0.25, 0.3) is 0 Å². The Morgan fingerprint density at radius 2 is 2.11 bits per heavy atom. The Morgan fingerprint density at radius 1 is 1.32 bits per heavy atom. The Balaban J connectivity index is 2.30. The highest BCUT2D eigenvalue weighted by atomic mass is 35.5. The molecule has 100 valence electrons. The molecule has 0 unspecified atom stereocenters. The summed E-state index contributed by atoms with van der Waals surface area (Å²) < 4.78 is 5.18. The van der Waals surface area contributed by atoms with E-state index >= 15 is 0 Å². The van der Waals surface area contributed by atoms with E-state index in [0.29, 0.717) is 16.7 Å². The molecule has 0 spiro atoms. The summed E-state index contributed by atoms with van der Waals surface area (Å²) in [4.78, 5) is 8.50. The molecule has 2 N–H and O–H groups in total. The number of halogens is 1. The van der Waals surface area contributed by atoms with Gasteiger partial charge >= 0.3 is 0 Å². The largest absolute Gasteiger partial charge is 0.495 e. The molecule has 6 heteroatoms. The van der Waals surface area contributed by atoms with Crippen LogP contribution in [0.5, 0.6) is 5.75 Å². The van der Waals surface area contributed by atoms with Crippen molar-refractivity contribution in [2.24, 2.45) is 0 Å². The van der Waals surface area contributed by atoms with Crippen LogP contribution in [0.3, 0.4) is 0 Å². The average molecular weight is 279 g/mol. The summed E-state index contributed by atoms with van der Waals surface area (Å²) in [7, 11) is 3.36. The number of aryl methyl sites for hydroxylation is 1. The van der Waals surface area contributed by atoms with Crippen molar-refractivity contribution in [1.29, 1.82) is 0 Å². The van der Waals surface area contributed by atoms with E-state index < -0.39 is 0 Å². The number of hydrogen-bond donors (Lipinski definition) is 2. The fraction of sp³-hybridized carbons (Fsp3) is 0.231. The predicted molar refractivity (Wildman–Crippen MR) is 77.6 cm³/mol. The molecule has 1 aromatic heterocycles. The number of ether oxygens (including phenoxy) is 1. The number of nitrogens with zero attached hydrogens (tertiary/aromatic N) is 2. The third-order valence-corrected chi connectivity index (χ3v) is 2.92. The van der Waals surface area contributed by atoms with Gasteiger partial charge in [-0.2, -0.15) is 4.98 Å². The number of rotatable bonds is 4. The van der Waals surface area contributed by atoms with Crippen LogP contribution in [-0.2, 0) is 0 Å². The Kier molecular flexibility index (Phi) is 4.06. The topological polar surface area (TPSA) is 59.1 Å². The maximum Gasteiger partial charge on any atom is 0.224 e. The van der Waals surface area contributed by atoms with Crippen LogP contribution < -0.4 is 15.4 Å². The van der Waals surface area contributed by atoms with Gasteiger partial charge in [-0.25, -0.2) is 4.98 Å². The van der Waals surface area contributed by atoms with Gasteiger partial charge in [0.25, 0.3) is 0 Å². The molecular weight excluding hydrogens is 264 g/mol. The van der Waals surface area contributed by atoms with Gasteiger partial charge in [0, 0.05) is 30.6 Å². The summed E-state index contributed by atoms with van der Waals surface area (Å²) in [5, 5.41) is 6.70. The number of methoxy groups -OCH3 is 1. The number of anilines is 3. The van der Waals surface area contributed by atoms with Gasteiger partial charge in [0.05, 0.1) is 12.1 Å². The molecule has 0 saturated heterocycles. The summed E-state index contributed by atoms with van der Waals surface area (Å²) in [6.45, 7) is 1.94. The van der Waals surface area contributed by atoms with Crippen molar-refractivity contribution in [3.63, 3.8) is 0 Å². The first-order valence-electron chi connectivity index (χ1n) is 5.76. The molecule has 0 bridgehead atoms. The molecular formula is C13H15ClN4O. The zero-order valence-electron chi connectivity index (χ0n) is 11.0. The highest BCUT2D eigenvalue weighted by Gasteiger charge is 2.06. The van der Waals surface area contributed by atoms with Crippen LogP contribution in [-0.4, -0.2) is 24.1 Å². The molecule has 2 rings (SSSR count). The quantitative estimate of drug-likeness (QED) is 0.899. The van der Waals surface area contributed by atoms with Crippen molar-refractivity contribution in [1.82, 2.24) is 9.97 Å². The van der Waals surface area contributed by atoms with Crippen LogP contribution in [0.15, 0.2) is 24.4 Å². The normalized spacial score (nSPS) is 10.1. The van der Waals surface area contributed by atoms with E-state index in [1.807, 2.05) is 19.1 Å². The molecule has 1 heterocycles. The van der Waals surface area contributed by atoms with E-state index in [1.165, 1.54) is 0 Å². The van der Waals surface area contributed by atoms with Crippen molar-refractivity contribution in [3.05, 3.63) is 35.0 Å². The molecule has 0 atom stereocenters. The van der Waals surface area contributed by atoms with Gasteiger partial charge in [-0.1, -0.05) is 11.6 Å². The minimum Gasteiger partial charge on any atom is -0.495 e.